The largest absolute Gasteiger partial charge is 0.349 e. The first kappa shape index (κ1) is 16.9. The minimum absolute atomic E-state index is 0.0880. The van der Waals surface area contributed by atoms with Crippen molar-refractivity contribution >= 4 is 32.4 Å². The Hall–Kier alpha value is -1.15. The van der Waals surface area contributed by atoms with Crippen LogP contribution in [0.15, 0.2) is 0 Å². The normalized spacial score (nSPS) is 13.1. The molecule has 0 saturated heterocycles. The Morgan fingerprint density at radius 1 is 1.50 bits per heavy atom. The summed E-state index contributed by atoms with van der Waals surface area (Å²) in [4.78, 5) is 16.7. The van der Waals surface area contributed by atoms with E-state index in [1.807, 2.05) is 6.92 Å². The van der Waals surface area contributed by atoms with Crippen LogP contribution in [0.4, 0.5) is 5.13 Å². The predicted molar refractivity (Wildman–Crippen MR) is 81.9 cm³/mol. The van der Waals surface area contributed by atoms with E-state index in [-0.39, 0.29) is 11.9 Å². The lowest BCUT2D eigenvalue weighted by atomic mass is 10.2. The number of thiazole rings is 1. The smallest absolute Gasteiger partial charge is 0.263 e. The van der Waals surface area contributed by atoms with E-state index < -0.39 is 10.0 Å². The maximum Gasteiger partial charge on any atom is 0.263 e. The summed E-state index contributed by atoms with van der Waals surface area (Å²) >= 11 is 1.09. The van der Waals surface area contributed by atoms with E-state index in [1.165, 1.54) is 7.05 Å². The van der Waals surface area contributed by atoms with Gasteiger partial charge < -0.3 is 5.32 Å². The van der Waals surface area contributed by atoms with Crippen molar-refractivity contribution in [3.8, 4) is 0 Å². The average molecular weight is 319 g/mol. The fourth-order valence-electron chi connectivity index (χ4n) is 1.66. The SMILES string of the molecule is CCC[C@H](C)NC(=O)c1sc(N(C)S(C)(=O)=O)nc1C. The highest BCUT2D eigenvalue weighted by Gasteiger charge is 2.21. The van der Waals surface area contributed by atoms with Gasteiger partial charge in [-0.1, -0.05) is 24.7 Å². The van der Waals surface area contributed by atoms with Crippen molar-refractivity contribution in [3.05, 3.63) is 10.6 Å². The lowest BCUT2D eigenvalue weighted by molar-refractivity contribution is 0.0941. The molecule has 114 valence electrons. The number of hydrogen-bond acceptors (Lipinski definition) is 5. The minimum Gasteiger partial charge on any atom is -0.349 e. The number of aromatic nitrogens is 1. The highest BCUT2D eigenvalue weighted by Crippen LogP contribution is 2.26. The second-order valence-corrected chi connectivity index (χ2v) is 7.80. The number of carbonyl (C=O) groups excluding carboxylic acids is 1. The Morgan fingerprint density at radius 3 is 2.60 bits per heavy atom. The molecule has 20 heavy (non-hydrogen) atoms. The van der Waals surface area contributed by atoms with Crippen LogP contribution in [0.2, 0.25) is 0 Å². The molecule has 0 aliphatic carbocycles. The first-order valence-electron chi connectivity index (χ1n) is 6.39. The van der Waals surface area contributed by atoms with E-state index in [2.05, 4.69) is 17.2 Å². The molecular weight excluding hydrogens is 298 g/mol. The van der Waals surface area contributed by atoms with Crippen molar-refractivity contribution in [2.45, 2.75) is 39.7 Å². The molecule has 6 nitrogen and oxygen atoms in total. The molecule has 0 saturated carbocycles. The molecular formula is C12H21N3O3S2. The third-order valence-electron chi connectivity index (χ3n) is 2.86. The van der Waals surface area contributed by atoms with Crippen molar-refractivity contribution in [2.24, 2.45) is 0 Å². The fourth-order valence-corrected chi connectivity index (χ4v) is 3.35. The first-order chi connectivity index (χ1) is 9.16. The van der Waals surface area contributed by atoms with Gasteiger partial charge in [-0.3, -0.25) is 4.79 Å². The number of nitrogens with zero attached hydrogens (tertiary/aromatic N) is 2. The molecule has 1 amide bonds. The van der Waals surface area contributed by atoms with Crippen LogP contribution in [0.3, 0.4) is 0 Å². The summed E-state index contributed by atoms with van der Waals surface area (Å²) in [5.41, 5.74) is 0.543. The average Bonchev–Trinajstić information content (AvgIpc) is 2.69. The van der Waals surface area contributed by atoms with Gasteiger partial charge in [0, 0.05) is 13.1 Å². The van der Waals surface area contributed by atoms with Crippen molar-refractivity contribution in [1.29, 1.82) is 0 Å². The third-order valence-corrected chi connectivity index (χ3v) is 5.37. The van der Waals surface area contributed by atoms with Gasteiger partial charge in [-0.2, -0.15) is 0 Å². The summed E-state index contributed by atoms with van der Waals surface area (Å²) in [6, 6.07) is 0.0880. The van der Waals surface area contributed by atoms with Gasteiger partial charge in [0.25, 0.3) is 5.91 Å². The van der Waals surface area contributed by atoms with Crippen LogP contribution in [0.25, 0.3) is 0 Å². The van der Waals surface area contributed by atoms with Crippen LogP contribution in [0.1, 0.15) is 42.1 Å². The Bertz CT molecular complexity index is 581. The Kier molecular flexibility index (Phi) is 5.52. The molecule has 1 aromatic heterocycles. The molecule has 0 fully saturated rings. The summed E-state index contributed by atoms with van der Waals surface area (Å²) in [6.07, 6.45) is 3.00. The van der Waals surface area contributed by atoms with Gasteiger partial charge in [0.15, 0.2) is 5.13 Å². The van der Waals surface area contributed by atoms with Crippen molar-refractivity contribution < 1.29 is 13.2 Å². The second-order valence-electron chi connectivity index (χ2n) is 4.80. The van der Waals surface area contributed by atoms with Gasteiger partial charge in [0.1, 0.15) is 4.88 Å². The zero-order chi connectivity index (χ0) is 15.5. The molecule has 1 aromatic rings. The number of hydrogen-bond donors (Lipinski definition) is 1. The molecule has 0 aliphatic heterocycles. The van der Waals surface area contributed by atoms with Crippen molar-refractivity contribution in [3.63, 3.8) is 0 Å². The van der Waals surface area contributed by atoms with Crippen LogP contribution in [-0.4, -0.2) is 38.7 Å². The number of rotatable bonds is 6. The zero-order valence-corrected chi connectivity index (χ0v) is 14.1. The molecule has 0 aromatic carbocycles. The molecule has 1 rings (SSSR count). The van der Waals surface area contributed by atoms with Crippen molar-refractivity contribution in [2.75, 3.05) is 17.6 Å². The van der Waals surface area contributed by atoms with Gasteiger partial charge >= 0.3 is 0 Å². The number of aryl methyl sites for hydroxylation is 1. The number of anilines is 1. The van der Waals surface area contributed by atoms with E-state index in [9.17, 15) is 13.2 Å². The van der Waals surface area contributed by atoms with Crippen LogP contribution in [0, 0.1) is 6.92 Å². The second kappa shape index (κ2) is 6.53. The number of amides is 1. The summed E-state index contributed by atoms with van der Waals surface area (Å²) in [7, 11) is -1.94. The van der Waals surface area contributed by atoms with Gasteiger partial charge in [-0.25, -0.2) is 17.7 Å². The monoisotopic (exact) mass is 319 g/mol. The molecule has 8 heteroatoms. The highest BCUT2D eigenvalue weighted by atomic mass is 32.2. The number of carbonyl (C=O) groups is 1. The molecule has 1 heterocycles. The molecule has 0 unspecified atom stereocenters. The van der Waals surface area contributed by atoms with E-state index >= 15 is 0 Å². The minimum atomic E-state index is -3.37. The zero-order valence-electron chi connectivity index (χ0n) is 12.4. The van der Waals surface area contributed by atoms with Crippen LogP contribution in [0.5, 0.6) is 0 Å². The number of sulfonamides is 1. The maximum absolute atomic E-state index is 12.1. The highest BCUT2D eigenvalue weighted by molar-refractivity contribution is 7.92. The molecule has 1 N–H and O–H groups in total. The van der Waals surface area contributed by atoms with Gasteiger partial charge in [-0.15, -0.1) is 0 Å². The summed E-state index contributed by atoms with van der Waals surface area (Å²) in [5, 5.41) is 3.20. The van der Waals surface area contributed by atoms with Gasteiger partial charge in [0.05, 0.1) is 11.9 Å². The summed E-state index contributed by atoms with van der Waals surface area (Å²) < 4.78 is 24.0. The molecule has 1 atom stereocenters. The van der Waals surface area contributed by atoms with E-state index in [0.29, 0.717) is 15.7 Å². The molecule has 0 bridgehead atoms. The predicted octanol–water partition coefficient (Wildman–Crippen LogP) is 1.77. The third kappa shape index (κ3) is 4.17. The standard InChI is InChI=1S/C12H21N3O3S2/c1-6-7-8(2)13-11(16)10-9(3)14-12(19-10)15(4)20(5,17)18/h8H,6-7H2,1-5H3,(H,13,16)/t8-/m0/s1. The quantitative estimate of drug-likeness (QED) is 0.866. The lowest BCUT2D eigenvalue weighted by Crippen LogP contribution is -2.32. The Labute approximate surface area is 124 Å². The van der Waals surface area contributed by atoms with Crippen molar-refractivity contribution in [1.82, 2.24) is 10.3 Å². The number of nitrogens with one attached hydrogen (secondary N) is 1. The lowest BCUT2D eigenvalue weighted by Gasteiger charge is -2.12. The van der Waals surface area contributed by atoms with Gasteiger partial charge in [0.2, 0.25) is 10.0 Å². The van der Waals surface area contributed by atoms with Gasteiger partial charge in [-0.05, 0) is 20.3 Å². The molecule has 0 spiro atoms. The molecule has 0 aliphatic rings. The topological polar surface area (TPSA) is 79.4 Å². The summed E-state index contributed by atoms with van der Waals surface area (Å²) in [6.45, 7) is 5.70. The van der Waals surface area contributed by atoms with E-state index in [4.69, 9.17) is 0 Å². The van der Waals surface area contributed by atoms with Crippen LogP contribution < -0.4 is 9.62 Å². The van der Waals surface area contributed by atoms with Crippen LogP contribution in [-0.2, 0) is 10.0 Å². The van der Waals surface area contributed by atoms with Crippen LogP contribution >= 0.6 is 11.3 Å². The Morgan fingerprint density at radius 2 is 2.10 bits per heavy atom. The Balaban J connectivity index is 2.93. The fraction of sp³-hybridized carbons (Fsp3) is 0.667. The molecule has 0 radical (unpaired) electrons. The maximum atomic E-state index is 12.1. The van der Waals surface area contributed by atoms with E-state index in [0.717, 1.165) is 34.7 Å². The summed E-state index contributed by atoms with van der Waals surface area (Å²) in [5.74, 6) is -0.200. The first-order valence-corrected chi connectivity index (χ1v) is 9.05. The van der Waals surface area contributed by atoms with E-state index in [1.54, 1.807) is 6.92 Å².